The third-order valence-electron chi connectivity index (χ3n) is 3.76. The fourth-order valence-electron chi connectivity index (χ4n) is 2.33. The summed E-state index contributed by atoms with van der Waals surface area (Å²) in [5.41, 5.74) is 0.946. The van der Waals surface area contributed by atoms with E-state index in [1.54, 1.807) is 12.1 Å². The highest BCUT2D eigenvalue weighted by molar-refractivity contribution is 5.69. The van der Waals surface area contributed by atoms with Crippen LogP contribution in [0.4, 0.5) is 0 Å². The number of aromatic hydroxyl groups is 1. The van der Waals surface area contributed by atoms with E-state index in [9.17, 15) is 9.90 Å². The van der Waals surface area contributed by atoms with E-state index >= 15 is 0 Å². The normalized spacial score (nSPS) is 16.1. The van der Waals surface area contributed by atoms with Gasteiger partial charge in [-0.15, -0.1) is 0 Å². The van der Waals surface area contributed by atoms with Gasteiger partial charge in [-0.1, -0.05) is 6.07 Å². The van der Waals surface area contributed by atoms with Crippen LogP contribution < -0.4 is 4.74 Å². The van der Waals surface area contributed by atoms with E-state index in [0.717, 1.165) is 12.1 Å². The number of ether oxygens (including phenoxy) is 1. The topological polar surface area (TPSA) is 70.0 Å². The van der Waals surface area contributed by atoms with Gasteiger partial charge in [-0.3, -0.25) is 9.69 Å². The standard InChI is InChI=1S/C15H21NO4/c1-10(12-5-6-13(17)14(7-12)20-2)16(9-15(18)19)8-11-3-4-11/h5-7,10-11,17H,3-4,8-9H2,1-2H3,(H,18,19). The molecule has 1 aromatic rings. The quantitative estimate of drug-likeness (QED) is 0.801. The zero-order valence-electron chi connectivity index (χ0n) is 11.9. The minimum absolute atomic E-state index is 0.0267. The van der Waals surface area contributed by atoms with Crippen molar-refractivity contribution in [3.63, 3.8) is 0 Å². The molecule has 0 saturated heterocycles. The molecule has 1 aliphatic rings. The second kappa shape index (κ2) is 6.13. The number of aliphatic carboxylic acids is 1. The summed E-state index contributed by atoms with van der Waals surface area (Å²) < 4.78 is 5.11. The lowest BCUT2D eigenvalue weighted by Gasteiger charge is -2.28. The first-order valence-electron chi connectivity index (χ1n) is 6.84. The molecule has 5 nitrogen and oxygen atoms in total. The van der Waals surface area contributed by atoms with Gasteiger partial charge in [0.05, 0.1) is 13.7 Å². The van der Waals surface area contributed by atoms with Gasteiger partial charge < -0.3 is 14.9 Å². The maximum atomic E-state index is 11.0. The Morgan fingerprint density at radius 1 is 1.50 bits per heavy atom. The number of hydrogen-bond acceptors (Lipinski definition) is 4. The molecule has 2 N–H and O–H groups in total. The number of benzene rings is 1. The van der Waals surface area contributed by atoms with Crippen LogP contribution in [0.3, 0.4) is 0 Å². The Bertz CT molecular complexity index is 485. The van der Waals surface area contributed by atoms with Crippen LogP contribution in [0.2, 0.25) is 0 Å². The van der Waals surface area contributed by atoms with Crippen molar-refractivity contribution in [3.8, 4) is 11.5 Å². The molecule has 0 radical (unpaired) electrons. The van der Waals surface area contributed by atoms with E-state index in [-0.39, 0.29) is 18.3 Å². The molecular weight excluding hydrogens is 258 g/mol. The Hall–Kier alpha value is -1.75. The molecule has 5 heteroatoms. The molecule has 1 saturated carbocycles. The Labute approximate surface area is 118 Å². The van der Waals surface area contributed by atoms with Crippen molar-refractivity contribution < 1.29 is 19.7 Å². The molecule has 1 unspecified atom stereocenters. The van der Waals surface area contributed by atoms with Crippen LogP contribution in [0.5, 0.6) is 11.5 Å². The monoisotopic (exact) mass is 279 g/mol. The van der Waals surface area contributed by atoms with Crippen LogP contribution in [0.25, 0.3) is 0 Å². The van der Waals surface area contributed by atoms with E-state index in [0.29, 0.717) is 11.7 Å². The Kier molecular flexibility index (Phi) is 4.49. The highest BCUT2D eigenvalue weighted by atomic mass is 16.5. The van der Waals surface area contributed by atoms with Crippen LogP contribution in [0.15, 0.2) is 18.2 Å². The van der Waals surface area contributed by atoms with E-state index in [1.165, 1.54) is 20.0 Å². The SMILES string of the molecule is COc1cc(C(C)N(CC(=O)O)CC2CC2)ccc1O. The molecule has 2 rings (SSSR count). The van der Waals surface area contributed by atoms with E-state index < -0.39 is 5.97 Å². The van der Waals surface area contributed by atoms with Gasteiger partial charge in [0.15, 0.2) is 11.5 Å². The number of hydrogen-bond donors (Lipinski definition) is 2. The molecule has 0 aromatic heterocycles. The Balaban J connectivity index is 2.16. The van der Waals surface area contributed by atoms with Gasteiger partial charge in [0.1, 0.15) is 0 Å². The first-order chi connectivity index (χ1) is 9.51. The number of rotatable bonds is 7. The van der Waals surface area contributed by atoms with Crippen molar-refractivity contribution >= 4 is 5.97 Å². The predicted octanol–water partition coefficient (Wildman–Crippen LogP) is 2.26. The number of phenolic OH excluding ortho intramolecular Hbond substituents is 1. The number of carboxylic acids is 1. The number of phenols is 1. The number of carboxylic acid groups (broad SMARTS) is 1. The lowest BCUT2D eigenvalue weighted by atomic mass is 10.1. The lowest BCUT2D eigenvalue weighted by molar-refractivity contribution is -0.139. The zero-order chi connectivity index (χ0) is 14.7. The second-order valence-corrected chi connectivity index (χ2v) is 5.37. The fraction of sp³-hybridized carbons (Fsp3) is 0.533. The largest absolute Gasteiger partial charge is 0.504 e. The maximum Gasteiger partial charge on any atom is 0.317 e. The van der Waals surface area contributed by atoms with Gasteiger partial charge in [-0.2, -0.15) is 0 Å². The molecular formula is C15H21NO4. The molecule has 0 spiro atoms. The maximum absolute atomic E-state index is 11.0. The molecule has 1 atom stereocenters. The molecule has 110 valence electrons. The van der Waals surface area contributed by atoms with Crippen molar-refractivity contribution in [2.75, 3.05) is 20.2 Å². The Morgan fingerprint density at radius 2 is 2.20 bits per heavy atom. The van der Waals surface area contributed by atoms with Crippen molar-refractivity contribution in [1.29, 1.82) is 0 Å². The van der Waals surface area contributed by atoms with Crippen molar-refractivity contribution in [3.05, 3.63) is 23.8 Å². The minimum Gasteiger partial charge on any atom is -0.504 e. The van der Waals surface area contributed by atoms with Crippen LogP contribution in [-0.4, -0.2) is 41.3 Å². The highest BCUT2D eigenvalue weighted by Crippen LogP contribution is 2.34. The molecule has 0 amide bonds. The summed E-state index contributed by atoms with van der Waals surface area (Å²) in [5, 5.41) is 18.7. The molecule has 20 heavy (non-hydrogen) atoms. The third-order valence-corrected chi connectivity index (χ3v) is 3.76. The van der Waals surface area contributed by atoms with Crippen molar-refractivity contribution in [1.82, 2.24) is 4.90 Å². The summed E-state index contributed by atoms with van der Waals surface area (Å²) in [6.07, 6.45) is 2.36. The van der Waals surface area contributed by atoms with Gasteiger partial charge in [-0.25, -0.2) is 0 Å². The van der Waals surface area contributed by atoms with Crippen molar-refractivity contribution in [2.45, 2.75) is 25.8 Å². The second-order valence-electron chi connectivity index (χ2n) is 5.37. The van der Waals surface area contributed by atoms with Gasteiger partial charge in [0.25, 0.3) is 0 Å². The minimum atomic E-state index is -0.816. The van der Waals surface area contributed by atoms with E-state index in [4.69, 9.17) is 9.84 Å². The molecule has 0 bridgehead atoms. The average Bonchev–Trinajstić information content (AvgIpc) is 3.21. The molecule has 1 aliphatic carbocycles. The lowest BCUT2D eigenvalue weighted by Crippen LogP contribution is -2.34. The number of methoxy groups -OCH3 is 1. The predicted molar refractivity (Wildman–Crippen MR) is 75.0 cm³/mol. The van der Waals surface area contributed by atoms with Crippen LogP contribution >= 0.6 is 0 Å². The van der Waals surface area contributed by atoms with Gasteiger partial charge in [0, 0.05) is 12.6 Å². The highest BCUT2D eigenvalue weighted by Gasteiger charge is 2.28. The summed E-state index contributed by atoms with van der Waals surface area (Å²) in [5.74, 6) is 0.311. The zero-order valence-corrected chi connectivity index (χ0v) is 11.9. The molecule has 0 aliphatic heterocycles. The van der Waals surface area contributed by atoms with Crippen molar-refractivity contribution in [2.24, 2.45) is 5.92 Å². The first-order valence-corrected chi connectivity index (χ1v) is 6.84. The summed E-state index contributed by atoms with van der Waals surface area (Å²) in [6, 6.07) is 5.13. The summed E-state index contributed by atoms with van der Waals surface area (Å²) in [6.45, 7) is 2.81. The number of nitrogens with zero attached hydrogens (tertiary/aromatic N) is 1. The number of carbonyl (C=O) groups is 1. The first kappa shape index (κ1) is 14.7. The van der Waals surface area contributed by atoms with Crippen LogP contribution in [0.1, 0.15) is 31.4 Å². The third kappa shape index (κ3) is 3.63. The van der Waals surface area contributed by atoms with Gasteiger partial charge >= 0.3 is 5.97 Å². The van der Waals surface area contributed by atoms with Crippen LogP contribution in [-0.2, 0) is 4.79 Å². The molecule has 1 fully saturated rings. The summed E-state index contributed by atoms with van der Waals surface area (Å²) in [7, 11) is 1.50. The molecule has 1 aromatic carbocycles. The fourth-order valence-corrected chi connectivity index (χ4v) is 2.33. The summed E-state index contributed by atoms with van der Waals surface area (Å²) in [4.78, 5) is 13.0. The van der Waals surface area contributed by atoms with E-state index in [2.05, 4.69) is 0 Å². The smallest absolute Gasteiger partial charge is 0.317 e. The van der Waals surface area contributed by atoms with Crippen LogP contribution in [0, 0.1) is 5.92 Å². The van der Waals surface area contributed by atoms with E-state index in [1.807, 2.05) is 17.9 Å². The average molecular weight is 279 g/mol. The molecule has 0 heterocycles. The Morgan fingerprint density at radius 3 is 2.75 bits per heavy atom. The van der Waals surface area contributed by atoms with Gasteiger partial charge in [-0.05, 0) is 43.4 Å². The summed E-state index contributed by atoms with van der Waals surface area (Å²) >= 11 is 0. The van der Waals surface area contributed by atoms with Gasteiger partial charge in [0.2, 0.25) is 0 Å².